The highest BCUT2D eigenvalue weighted by Crippen LogP contribution is 2.33. The van der Waals surface area contributed by atoms with E-state index in [4.69, 9.17) is 25.8 Å². The zero-order chi connectivity index (χ0) is 20.8. The molecule has 0 amide bonds. The number of methoxy groups -OCH3 is 1. The molecule has 29 heavy (non-hydrogen) atoms. The Labute approximate surface area is 178 Å². The molecule has 0 N–H and O–H groups in total. The molecule has 2 aromatic heterocycles. The van der Waals surface area contributed by atoms with Gasteiger partial charge in [0, 0.05) is 31.7 Å². The number of ether oxygens (including phenoxy) is 1. The highest BCUT2D eigenvalue weighted by Gasteiger charge is 2.20. The smallest absolute Gasteiger partial charge is 0.262 e. The zero-order valence-corrected chi connectivity index (χ0v) is 18.4. The molecular formula is C20H25ClN4O3S. The first-order chi connectivity index (χ1) is 14.0. The minimum absolute atomic E-state index is 0.0911. The van der Waals surface area contributed by atoms with Gasteiger partial charge < -0.3 is 9.26 Å². The second-order valence-corrected chi connectivity index (χ2v) is 8.52. The highest BCUT2D eigenvalue weighted by molar-refractivity contribution is 7.99. The molecule has 0 aliphatic rings. The summed E-state index contributed by atoms with van der Waals surface area (Å²) in [7, 11) is 1.65. The van der Waals surface area contributed by atoms with Gasteiger partial charge in [0.1, 0.15) is 0 Å². The van der Waals surface area contributed by atoms with Crippen molar-refractivity contribution in [1.82, 2.24) is 19.7 Å². The molecule has 3 rings (SSSR count). The van der Waals surface area contributed by atoms with E-state index in [1.807, 2.05) is 6.92 Å². The van der Waals surface area contributed by atoms with Crippen molar-refractivity contribution in [2.45, 2.75) is 56.5 Å². The zero-order valence-electron chi connectivity index (χ0n) is 16.9. The Balaban J connectivity index is 1.92. The van der Waals surface area contributed by atoms with E-state index in [-0.39, 0.29) is 10.8 Å². The van der Waals surface area contributed by atoms with Crippen LogP contribution in [0.1, 0.15) is 50.1 Å². The number of halogens is 1. The van der Waals surface area contributed by atoms with Gasteiger partial charge in [-0.2, -0.15) is 4.98 Å². The molecule has 0 aliphatic heterocycles. The van der Waals surface area contributed by atoms with Crippen LogP contribution >= 0.6 is 23.4 Å². The van der Waals surface area contributed by atoms with Crippen LogP contribution in [0.3, 0.4) is 0 Å². The fraction of sp³-hybridized carbons (Fsp3) is 0.500. The van der Waals surface area contributed by atoms with Crippen LogP contribution in [-0.2, 0) is 17.7 Å². The van der Waals surface area contributed by atoms with Gasteiger partial charge in [-0.15, -0.1) is 0 Å². The van der Waals surface area contributed by atoms with Gasteiger partial charge in [-0.1, -0.05) is 41.9 Å². The molecule has 1 atom stereocenters. The number of aryl methyl sites for hydroxylation is 1. The predicted molar refractivity (Wildman–Crippen MR) is 115 cm³/mol. The Hall–Kier alpha value is -1.90. The number of rotatable bonds is 10. The third-order valence-corrected chi connectivity index (χ3v) is 5.79. The summed E-state index contributed by atoms with van der Waals surface area (Å²) in [6, 6.07) is 5.13. The van der Waals surface area contributed by atoms with Crippen LogP contribution in [0.5, 0.6) is 0 Å². The Kier molecular flexibility index (Phi) is 7.69. The lowest BCUT2D eigenvalue weighted by molar-refractivity contribution is 0.189. The molecule has 9 heteroatoms. The third kappa shape index (κ3) is 5.38. The standard InChI is InChI=1S/C20H25ClN4O3S/c1-4-5-7-17-23-18(28-24-17)13(2)29-20-22-16-12-14(21)8-9-15(16)19(26)25(20)10-6-11-27-3/h8-9,12-13H,4-7,10-11H2,1-3H3/t13-/m1/s1. The van der Waals surface area contributed by atoms with Crippen LogP contribution in [-0.4, -0.2) is 33.4 Å². The Morgan fingerprint density at radius 3 is 2.90 bits per heavy atom. The maximum absolute atomic E-state index is 13.1. The van der Waals surface area contributed by atoms with Crippen LogP contribution in [0.15, 0.2) is 32.7 Å². The van der Waals surface area contributed by atoms with Crippen molar-refractivity contribution in [3.05, 3.63) is 45.3 Å². The lowest BCUT2D eigenvalue weighted by Gasteiger charge is -2.14. The van der Waals surface area contributed by atoms with Crippen molar-refractivity contribution < 1.29 is 9.26 Å². The summed E-state index contributed by atoms with van der Waals surface area (Å²) in [4.78, 5) is 22.3. The molecule has 0 saturated carbocycles. The van der Waals surface area contributed by atoms with E-state index in [0.717, 1.165) is 19.3 Å². The average Bonchev–Trinajstić information content (AvgIpc) is 3.17. The van der Waals surface area contributed by atoms with E-state index >= 15 is 0 Å². The van der Waals surface area contributed by atoms with Crippen LogP contribution < -0.4 is 5.56 Å². The van der Waals surface area contributed by atoms with Gasteiger partial charge >= 0.3 is 0 Å². The Bertz CT molecular complexity index is 1020. The summed E-state index contributed by atoms with van der Waals surface area (Å²) in [5.41, 5.74) is 0.487. The number of nitrogens with zero attached hydrogens (tertiary/aromatic N) is 4. The van der Waals surface area contributed by atoms with Crippen molar-refractivity contribution in [2.75, 3.05) is 13.7 Å². The number of unbranched alkanes of at least 4 members (excludes halogenated alkanes) is 1. The Morgan fingerprint density at radius 1 is 1.31 bits per heavy atom. The second kappa shape index (κ2) is 10.2. The molecule has 0 radical (unpaired) electrons. The monoisotopic (exact) mass is 436 g/mol. The maximum Gasteiger partial charge on any atom is 0.262 e. The lowest BCUT2D eigenvalue weighted by atomic mass is 10.2. The van der Waals surface area contributed by atoms with Crippen molar-refractivity contribution in [3.63, 3.8) is 0 Å². The van der Waals surface area contributed by atoms with Gasteiger partial charge in [-0.05, 0) is 38.0 Å². The highest BCUT2D eigenvalue weighted by atomic mass is 35.5. The fourth-order valence-electron chi connectivity index (χ4n) is 2.91. The van der Waals surface area contributed by atoms with Gasteiger partial charge in [0.05, 0.1) is 16.2 Å². The van der Waals surface area contributed by atoms with Crippen molar-refractivity contribution in [3.8, 4) is 0 Å². The van der Waals surface area contributed by atoms with Gasteiger partial charge in [-0.25, -0.2) is 4.98 Å². The molecule has 0 fully saturated rings. The number of aromatic nitrogens is 4. The molecule has 0 bridgehead atoms. The molecule has 1 aromatic carbocycles. The minimum atomic E-state index is -0.143. The summed E-state index contributed by atoms with van der Waals surface area (Å²) >= 11 is 7.53. The normalized spacial score (nSPS) is 12.6. The van der Waals surface area contributed by atoms with Gasteiger partial charge in [0.15, 0.2) is 11.0 Å². The van der Waals surface area contributed by atoms with Crippen LogP contribution in [0.25, 0.3) is 10.9 Å². The summed E-state index contributed by atoms with van der Waals surface area (Å²) in [6.07, 6.45) is 3.60. The number of thioether (sulfide) groups is 1. The number of hydrogen-bond acceptors (Lipinski definition) is 7. The Morgan fingerprint density at radius 2 is 2.14 bits per heavy atom. The van der Waals surface area contributed by atoms with E-state index < -0.39 is 0 Å². The molecular weight excluding hydrogens is 412 g/mol. The van der Waals surface area contributed by atoms with Crippen LogP contribution in [0.4, 0.5) is 0 Å². The molecule has 0 unspecified atom stereocenters. The number of benzene rings is 1. The first kappa shape index (κ1) is 21.8. The second-order valence-electron chi connectivity index (χ2n) is 6.77. The average molecular weight is 437 g/mol. The minimum Gasteiger partial charge on any atom is -0.385 e. The number of fused-ring (bicyclic) bond motifs is 1. The summed E-state index contributed by atoms with van der Waals surface area (Å²) in [5.74, 6) is 1.25. The molecule has 3 aromatic rings. The summed E-state index contributed by atoms with van der Waals surface area (Å²) in [6.45, 7) is 5.17. The quantitative estimate of drug-likeness (QED) is 0.259. The largest absolute Gasteiger partial charge is 0.385 e. The lowest BCUT2D eigenvalue weighted by Crippen LogP contribution is -2.24. The van der Waals surface area contributed by atoms with Crippen molar-refractivity contribution >= 4 is 34.3 Å². The number of hydrogen-bond donors (Lipinski definition) is 0. The molecule has 0 spiro atoms. The molecule has 2 heterocycles. The molecule has 0 aliphatic carbocycles. The molecule has 7 nitrogen and oxygen atoms in total. The van der Waals surface area contributed by atoms with Gasteiger partial charge in [-0.3, -0.25) is 9.36 Å². The topological polar surface area (TPSA) is 83.0 Å². The molecule has 0 saturated heterocycles. The van der Waals surface area contributed by atoms with E-state index in [0.29, 0.717) is 52.4 Å². The van der Waals surface area contributed by atoms with Crippen LogP contribution in [0, 0.1) is 0 Å². The van der Waals surface area contributed by atoms with Crippen LogP contribution in [0.2, 0.25) is 5.02 Å². The first-order valence-electron chi connectivity index (χ1n) is 9.71. The first-order valence-corrected chi connectivity index (χ1v) is 11.0. The van der Waals surface area contributed by atoms with E-state index in [9.17, 15) is 4.79 Å². The SMILES string of the molecule is CCCCc1noc([C@@H](C)Sc2nc3cc(Cl)ccc3c(=O)n2CCCOC)n1. The van der Waals surface area contributed by atoms with Gasteiger partial charge in [0.2, 0.25) is 5.89 Å². The van der Waals surface area contributed by atoms with E-state index in [2.05, 4.69) is 17.1 Å². The van der Waals surface area contributed by atoms with Crippen molar-refractivity contribution in [2.24, 2.45) is 0 Å². The summed E-state index contributed by atoms with van der Waals surface area (Å²) in [5, 5.41) is 5.60. The molecule has 156 valence electrons. The van der Waals surface area contributed by atoms with E-state index in [1.54, 1.807) is 29.9 Å². The summed E-state index contributed by atoms with van der Waals surface area (Å²) < 4.78 is 12.3. The fourth-order valence-corrected chi connectivity index (χ4v) is 4.04. The third-order valence-electron chi connectivity index (χ3n) is 4.48. The maximum atomic E-state index is 13.1. The van der Waals surface area contributed by atoms with E-state index in [1.165, 1.54) is 11.8 Å². The predicted octanol–water partition coefficient (Wildman–Crippen LogP) is 4.67. The van der Waals surface area contributed by atoms with Gasteiger partial charge in [0.25, 0.3) is 5.56 Å². The van der Waals surface area contributed by atoms with Crippen molar-refractivity contribution in [1.29, 1.82) is 0 Å².